The van der Waals surface area contributed by atoms with Crippen LogP contribution in [0.25, 0.3) is 0 Å². The molecule has 0 atom stereocenters. The van der Waals surface area contributed by atoms with Crippen LogP contribution in [0.2, 0.25) is 0 Å². The van der Waals surface area contributed by atoms with Crippen molar-refractivity contribution in [3.05, 3.63) is 47.8 Å². The molecule has 2 rings (SSSR count). The van der Waals surface area contributed by atoms with E-state index in [4.69, 9.17) is 14.7 Å². The number of rotatable bonds is 4. The van der Waals surface area contributed by atoms with Gasteiger partial charge in [0, 0.05) is 12.3 Å². The van der Waals surface area contributed by atoms with Crippen molar-refractivity contribution in [3.8, 4) is 17.6 Å². The van der Waals surface area contributed by atoms with E-state index in [1.165, 1.54) is 32.5 Å². The molecule has 1 aromatic carbocycles. The topological polar surface area (TPSA) is 84.2 Å². The van der Waals surface area contributed by atoms with Crippen molar-refractivity contribution in [2.75, 3.05) is 19.5 Å². The third-order valence-electron chi connectivity index (χ3n) is 2.78. The molecule has 0 aliphatic rings. The maximum Gasteiger partial charge on any atom is 0.274 e. The minimum absolute atomic E-state index is 0.207. The summed E-state index contributed by atoms with van der Waals surface area (Å²) >= 11 is 0. The Labute approximate surface area is 121 Å². The number of hydrogen-bond acceptors (Lipinski definition) is 5. The fourth-order valence-electron chi connectivity index (χ4n) is 1.69. The van der Waals surface area contributed by atoms with Crippen molar-refractivity contribution in [2.24, 2.45) is 0 Å². The zero-order valence-corrected chi connectivity index (χ0v) is 11.6. The Morgan fingerprint density at radius 3 is 2.62 bits per heavy atom. The molecule has 21 heavy (non-hydrogen) atoms. The molecule has 6 heteroatoms. The number of benzene rings is 1. The Kier molecular flexibility index (Phi) is 4.36. The summed E-state index contributed by atoms with van der Waals surface area (Å²) in [7, 11) is 3.05. The van der Waals surface area contributed by atoms with Gasteiger partial charge in [-0.25, -0.2) is 4.98 Å². The van der Waals surface area contributed by atoms with Crippen LogP contribution in [0.15, 0.2) is 36.5 Å². The summed E-state index contributed by atoms with van der Waals surface area (Å²) in [6, 6.07) is 10.0. The molecular weight excluding hydrogens is 270 g/mol. The van der Waals surface area contributed by atoms with E-state index in [1.54, 1.807) is 18.2 Å². The number of pyridine rings is 1. The second-order valence-corrected chi connectivity index (χ2v) is 4.06. The van der Waals surface area contributed by atoms with Crippen LogP contribution < -0.4 is 14.8 Å². The Bertz CT molecular complexity index is 690. The smallest absolute Gasteiger partial charge is 0.274 e. The zero-order valence-electron chi connectivity index (χ0n) is 11.6. The van der Waals surface area contributed by atoms with E-state index in [0.29, 0.717) is 22.7 Å². The third-order valence-corrected chi connectivity index (χ3v) is 2.78. The molecule has 6 nitrogen and oxygen atoms in total. The molecule has 1 amide bonds. The summed E-state index contributed by atoms with van der Waals surface area (Å²) < 4.78 is 10.3. The highest BCUT2D eigenvalue weighted by atomic mass is 16.5. The lowest BCUT2D eigenvalue weighted by molar-refractivity contribution is 0.102. The quantitative estimate of drug-likeness (QED) is 0.930. The molecular formula is C15H13N3O3. The number of anilines is 1. The molecule has 1 N–H and O–H groups in total. The standard InChI is InChI=1S/C15H13N3O3/c1-20-11-4-6-14(21-2)13(7-11)18-15(19)12-5-3-10(8-16)9-17-12/h3-7,9H,1-2H3,(H,18,19). The number of hydrogen-bond donors (Lipinski definition) is 1. The van der Waals surface area contributed by atoms with Crippen LogP contribution in [0.4, 0.5) is 5.69 Å². The normalized spacial score (nSPS) is 9.57. The van der Waals surface area contributed by atoms with Gasteiger partial charge in [-0.15, -0.1) is 0 Å². The fourth-order valence-corrected chi connectivity index (χ4v) is 1.69. The minimum Gasteiger partial charge on any atom is -0.497 e. The average Bonchev–Trinajstić information content (AvgIpc) is 2.54. The van der Waals surface area contributed by atoms with Crippen molar-refractivity contribution < 1.29 is 14.3 Å². The van der Waals surface area contributed by atoms with Crippen molar-refractivity contribution in [1.82, 2.24) is 4.98 Å². The van der Waals surface area contributed by atoms with Crippen molar-refractivity contribution >= 4 is 11.6 Å². The number of ether oxygens (including phenoxy) is 2. The van der Waals surface area contributed by atoms with Crippen LogP contribution in [0, 0.1) is 11.3 Å². The maximum absolute atomic E-state index is 12.1. The monoisotopic (exact) mass is 283 g/mol. The number of nitrogens with one attached hydrogen (secondary N) is 1. The Morgan fingerprint density at radius 1 is 1.24 bits per heavy atom. The molecule has 106 valence electrons. The predicted octanol–water partition coefficient (Wildman–Crippen LogP) is 2.22. The summed E-state index contributed by atoms with van der Waals surface area (Å²) in [5.74, 6) is 0.711. The van der Waals surface area contributed by atoms with Crippen LogP contribution in [0.5, 0.6) is 11.5 Å². The molecule has 0 aliphatic heterocycles. The SMILES string of the molecule is COc1ccc(OC)c(NC(=O)c2ccc(C#N)cn2)c1. The van der Waals surface area contributed by atoms with Gasteiger partial charge in [0.1, 0.15) is 23.3 Å². The highest BCUT2D eigenvalue weighted by Gasteiger charge is 2.12. The second-order valence-electron chi connectivity index (χ2n) is 4.06. The second kappa shape index (κ2) is 6.39. The number of aromatic nitrogens is 1. The molecule has 0 radical (unpaired) electrons. The number of carbonyl (C=O) groups is 1. The molecule has 0 spiro atoms. The van der Waals surface area contributed by atoms with Gasteiger partial charge in [-0.3, -0.25) is 4.79 Å². The Morgan fingerprint density at radius 2 is 2.05 bits per heavy atom. The highest BCUT2D eigenvalue weighted by Crippen LogP contribution is 2.29. The van der Waals surface area contributed by atoms with Crippen LogP contribution >= 0.6 is 0 Å². The number of carbonyl (C=O) groups excluding carboxylic acids is 1. The molecule has 1 aromatic heterocycles. The zero-order chi connectivity index (χ0) is 15.2. The van der Waals surface area contributed by atoms with Crippen LogP contribution in [0.1, 0.15) is 16.1 Å². The lowest BCUT2D eigenvalue weighted by Crippen LogP contribution is -2.14. The van der Waals surface area contributed by atoms with E-state index in [2.05, 4.69) is 10.3 Å². The first-order valence-electron chi connectivity index (χ1n) is 6.07. The van der Waals surface area contributed by atoms with Gasteiger partial charge in [0.25, 0.3) is 5.91 Å². The van der Waals surface area contributed by atoms with E-state index < -0.39 is 5.91 Å². The van der Waals surface area contributed by atoms with Gasteiger partial charge in [0.2, 0.25) is 0 Å². The molecule has 0 unspecified atom stereocenters. The highest BCUT2D eigenvalue weighted by molar-refractivity contribution is 6.03. The number of amides is 1. The minimum atomic E-state index is -0.397. The van der Waals surface area contributed by atoms with E-state index in [1.807, 2.05) is 6.07 Å². The van der Waals surface area contributed by atoms with E-state index >= 15 is 0 Å². The molecule has 0 fully saturated rings. The average molecular weight is 283 g/mol. The summed E-state index contributed by atoms with van der Waals surface area (Å²) in [6.07, 6.45) is 1.34. The van der Waals surface area contributed by atoms with Crippen LogP contribution in [0.3, 0.4) is 0 Å². The van der Waals surface area contributed by atoms with Gasteiger partial charge in [-0.2, -0.15) is 5.26 Å². The summed E-state index contributed by atoms with van der Waals surface area (Å²) in [5, 5.41) is 11.4. The number of nitrogens with zero attached hydrogens (tertiary/aromatic N) is 2. The number of nitriles is 1. The molecule has 1 heterocycles. The first kappa shape index (κ1) is 14.3. The molecule has 2 aromatic rings. The van der Waals surface area contributed by atoms with Gasteiger partial charge in [0.15, 0.2) is 0 Å². The first-order valence-corrected chi connectivity index (χ1v) is 6.07. The van der Waals surface area contributed by atoms with Gasteiger partial charge in [-0.05, 0) is 24.3 Å². The lowest BCUT2D eigenvalue weighted by atomic mass is 10.2. The number of methoxy groups -OCH3 is 2. The summed E-state index contributed by atoms with van der Waals surface area (Å²) in [4.78, 5) is 16.1. The van der Waals surface area contributed by atoms with Gasteiger partial charge in [-0.1, -0.05) is 0 Å². The predicted molar refractivity (Wildman–Crippen MR) is 76.5 cm³/mol. The third kappa shape index (κ3) is 3.28. The van der Waals surface area contributed by atoms with Gasteiger partial charge >= 0.3 is 0 Å². The summed E-state index contributed by atoms with van der Waals surface area (Å²) in [5.41, 5.74) is 1.08. The molecule has 0 bridgehead atoms. The maximum atomic E-state index is 12.1. The van der Waals surface area contributed by atoms with Crippen LogP contribution in [-0.2, 0) is 0 Å². The van der Waals surface area contributed by atoms with E-state index in [9.17, 15) is 4.79 Å². The lowest BCUT2D eigenvalue weighted by Gasteiger charge is -2.11. The van der Waals surface area contributed by atoms with Crippen molar-refractivity contribution in [1.29, 1.82) is 5.26 Å². The molecule has 0 saturated heterocycles. The van der Waals surface area contributed by atoms with Crippen molar-refractivity contribution in [2.45, 2.75) is 0 Å². The first-order chi connectivity index (χ1) is 10.2. The molecule has 0 saturated carbocycles. The van der Waals surface area contributed by atoms with Gasteiger partial charge in [0.05, 0.1) is 25.5 Å². The largest absolute Gasteiger partial charge is 0.497 e. The summed E-state index contributed by atoms with van der Waals surface area (Å²) in [6.45, 7) is 0. The van der Waals surface area contributed by atoms with Crippen molar-refractivity contribution in [3.63, 3.8) is 0 Å². The molecule has 0 aliphatic carbocycles. The van der Waals surface area contributed by atoms with E-state index in [-0.39, 0.29) is 5.69 Å². The Hall–Kier alpha value is -3.07. The van der Waals surface area contributed by atoms with Crippen LogP contribution in [-0.4, -0.2) is 25.1 Å². The fraction of sp³-hybridized carbons (Fsp3) is 0.133. The van der Waals surface area contributed by atoms with Gasteiger partial charge < -0.3 is 14.8 Å². The van der Waals surface area contributed by atoms with E-state index in [0.717, 1.165) is 0 Å². The Balaban J connectivity index is 2.24.